The fourth-order valence-corrected chi connectivity index (χ4v) is 2.32. The Hall–Kier alpha value is -2.69. The molecule has 5 nitrogen and oxygen atoms in total. The van der Waals surface area contributed by atoms with Gasteiger partial charge >= 0.3 is 0 Å². The van der Waals surface area contributed by atoms with Gasteiger partial charge in [0.1, 0.15) is 0 Å². The Bertz CT molecular complexity index is 712. The molecule has 2 rings (SSSR count). The molecular weight excluding hydrogens is 328 g/mol. The molecule has 0 saturated heterocycles. The predicted molar refractivity (Wildman–Crippen MR) is 106 cm³/mol. The van der Waals surface area contributed by atoms with E-state index in [1.807, 2.05) is 56.3 Å². The lowest BCUT2D eigenvalue weighted by molar-refractivity contribution is -0.118. The molecule has 0 aliphatic heterocycles. The van der Waals surface area contributed by atoms with E-state index in [1.165, 1.54) is 0 Å². The predicted octanol–water partition coefficient (Wildman–Crippen LogP) is 4.69. The van der Waals surface area contributed by atoms with E-state index >= 15 is 0 Å². The van der Waals surface area contributed by atoms with Gasteiger partial charge in [0.05, 0.1) is 13.7 Å². The van der Waals surface area contributed by atoms with E-state index in [9.17, 15) is 4.79 Å². The smallest absolute Gasteiger partial charge is 0.226 e. The Labute approximate surface area is 155 Å². The zero-order valence-electron chi connectivity index (χ0n) is 16.0. The van der Waals surface area contributed by atoms with Crippen LogP contribution in [0.25, 0.3) is 0 Å². The molecule has 0 atom stereocenters. The number of hydrogen-bond acceptors (Lipinski definition) is 4. The summed E-state index contributed by atoms with van der Waals surface area (Å²) in [6, 6.07) is 13.6. The second-order valence-electron chi connectivity index (χ2n) is 6.41. The maximum absolute atomic E-state index is 11.7. The first-order valence-corrected chi connectivity index (χ1v) is 8.98. The van der Waals surface area contributed by atoms with Crippen molar-refractivity contribution in [2.75, 3.05) is 24.4 Å². The first-order valence-electron chi connectivity index (χ1n) is 8.98. The summed E-state index contributed by atoms with van der Waals surface area (Å²) in [7, 11) is 1.65. The molecule has 2 aromatic carbocycles. The van der Waals surface area contributed by atoms with Crippen LogP contribution in [0.2, 0.25) is 0 Å². The Morgan fingerprint density at radius 1 is 1.04 bits per heavy atom. The van der Waals surface area contributed by atoms with Crippen LogP contribution in [0.5, 0.6) is 11.5 Å². The summed E-state index contributed by atoms with van der Waals surface area (Å²) >= 11 is 0. The van der Waals surface area contributed by atoms with Gasteiger partial charge < -0.3 is 20.1 Å². The number of ether oxygens (including phenoxy) is 2. The molecule has 1 amide bonds. The molecule has 0 aliphatic rings. The highest BCUT2D eigenvalue weighted by atomic mass is 16.5. The van der Waals surface area contributed by atoms with Crippen LogP contribution in [0.3, 0.4) is 0 Å². The van der Waals surface area contributed by atoms with E-state index in [0.29, 0.717) is 13.2 Å². The summed E-state index contributed by atoms with van der Waals surface area (Å²) in [5, 5.41) is 6.25. The minimum atomic E-state index is -0.0351. The Balaban J connectivity index is 1.94. The molecule has 140 valence electrons. The third kappa shape index (κ3) is 5.69. The summed E-state index contributed by atoms with van der Waals surface area (Å²) in [6.45, 7) is 7.16. The standard InChI is InChI=1S/C21H28N2O3/c1-5-12-26-19-11-6-16(13-20(19)25-4)14-22-17-7-9-18(10-8-17)23-21(24)15(2)3/h6-11,13,15,22H,5,12,14H2,1-4H3,(H,23,24). The molecule has 0 aliphatic carbocycles. The summed E-state index contributed by atoms with van der Waals surface area (Å²) < 4.78 is 11.1. The van der Waals surface area contributed by atoms with Crippen LogP contribution >= 0.6 is 0 Å². The number of methoxy groups -OCH3 is 1. The van der Waals surface area contributed by atoms with Crippen LogP contribution in [-0.2, 0) is 11.3 Å². The highest BCUT2D eigenvalue weighted by Crippen LogP contribution is 2.28. The van der Waals surface area contributed by atoms with Crippen molar-refractivity contribution in [2.45, 2.75) is 33.7 Å². The van der Waals surface area contributed by atoms with Crippen molar-refractivity contribution in [3.63, 3.8) is 0 Å². The monoisotopic (exact) mass is 356 g/mol. The number of benzene rings is 2. The lowest BCUT2D eigenvalue weighted by Gasteiger charge is -2.13. The number of nitrogens with one attached hydrogen (secondary N) is 2. The van der Waals surface area contributed by atoms with Gasteiger partial charge in [-0.3, -0.25) is 4.79 Å². The zero-order valence-corrected chi connectivity index (χ0v) is 16.0. The zero-order chi connectivity index (χ0) is 18.9. The van der Waals surface area contributed by atoms with Crippen molar-refractivity contribution in [2.24, 2.45) is 5.92 Å². The van der Waals surface area contributed by atoms with E-state index in [2.05, 4.69) is 17.6 Å². The quantitative estimate of drug-likeness (QED) is 0.684. The molecule has 0 heterocycles. The lowest BCUT2D eigenvalue weighted by atomic mass is 10.2. The van der Waals surface area contributed by atoms with E-state index in [-0.39, 0.29) is 11.8 Å². The van der Waals surface area contributed by atoms with Crippen LogP contribution in [-0.4, -0.2) is 19.6 Å². The van der Waals surface area contributed by atoms with Gasteiger partial charge in [0, 0.05) is 23.8 Å². The van der Waals surface area contributed by atoms with Crippen LogP contribution in [0, 0.1) is 5.92 Å². The lowest BCUT2D eigenvalue weighted by Crippen LogP contribution is -2.17. The molecule has 0 aromatic heterocycles. The minimum absolute atomic E-state index is 0.0168. The van der Waals surface area contributed by atoms with E-state index in [0.717, 1.165) is 34.9 Å². The normalized spacial score (nSPS) is 10.5. The van der Waals surface area contributed by atoms with E-state index in [4.69, 9.17) is 9.47 Å². The Morgan fingerprint density at radius 3 is 2.35 bits per heavy atom. The highest BCUT2D eigenvalue weighted by molar-refractivity contribution is 5.92. The van der Waals surface area contributed by atoms with Crippen LogP contribution in [0.4, 0.5) is 11.4 Å². The molecule has 5 heteroatoms. The van der Waals surface area contributed by atoms with Gasteiger partial charge in [0.25, 0.3) is 0 Å². The van der Waals surface area contributed by atoms with Crippen molar-refractivity contribution >= 4 is 17.3 Å². The summed E-state index contributed by atoms with van der Waals surface area (Å²) in [6.07, 6.45) is 0.958. The van der Waals surface area contributed by atoms with Crippen LogP contribution < -0.4 is 20.1 Å². The molecule has 0 saturated carbocycles. The molecule has 0 fully saturated rings. The van der Waals surface area contributed by atoms with Crippen molar-refractivity contribution in [1.29, 1.82) is 0 Å². The number of rotatable bonds is 9. The summed E-state index contributed by atoms with van der Waals surface area (Å²) in [4.78, 5) is 11.7. The van der Waals surface area contributed by atoms with Gasteiger partial charge in [0.15, 0.2) is 11.5 Å². The maximum atomic E-state index is 11.7. The second kappa shape index (κ2) is 9.70. The van der Waals surface area contributed by atoms with Gasteiger partial charge in [-0.2, -0.15) is 0 Å². The minimum Gasteiger partial charge on any atom is -0.493 e. The number of hydrogen-bond donors (Lipinski definition) is 2. The second-order valence-corrected chi connectivity index (χ2v) is 6.41. The van der Waals surface area contributed by atoms with Crippen molar-refractivity contribution in [3.05, 3.63) is 48.0 Å². The SMILES string of the molecule is CCCOc1ccc(CNc2ccc(NC(=O)C(C)C)cc2)cc1OC. The number of carbonyl (C=O) groups excluding carboxylic acids is 1. The maximum Gasteiger partial charge on any atom is 0.226 e. The first kappa shape index (κ1) is 19.6. The topological polar surface area (TPSA) is 59.6 Å². The average molecular weight is 356 g/mol. The molecule has 0 unspecified atom stereocenters. The van der Waals surface area contributed by atoms with Gasteiger partial charge in [-0.15, -0.1) is 0 Å². The van der Waals surface area contributed by atoms with Crippen molar-refractivity contribution < 1.29 is 14.3 Å². The number of carbonyl (C=O) groups is 1. The van der Waals surface area contributed by atoms with Crippen LogP contribution in [0.1, 0.15) is 32.8 Å². The van der Waals surface area contributed by atoms with E-state index < -0.39 is 0 Å². The number of amides is 1. The van der Waals surface area contributed by atoms with Gasteiger partial charge in [-0.05, 0) is 48.4 Å². The largest absolute Gasteiger partial charge is 0.493 e. The van der Waals surface area contributed by atoms with Gasteiger partial charge in [0.2, 0.25) is 5.91 Å². The molecule has 2 aromatic rings. The van der Waals surface area contributed by atoms with Crippen LogP contribution in [0.15, 0.2) is 42.5 Å². The molecule has 26 heavy (non-hydrogen) atoms. The fraction of sp³-hybridized carbons (Fsp3) is 0.381. The average Bonchev–Trinajstić information content (AvgIpc) is 2.65. The van der Waals surface area contributed by atoms with Gasteiger partial charge in [-0.1, -0.05) is 26.8 Å². The molecule has 0 radical (unpaired) electrons. The van der Waals surface area contributed by atoms with Gasteiger partial charge in [-0.25, -0.2) is 0 Å². The number of anilines is 2. The fourth-order valence-electron chi connectivity index (χ4n) is 2.32. The molecule has 0 bridgehead atoms. The molecule has 0 spiro atoms. The Kier molecular flexibility index (Phi) is 7.33. The Morgan fingerprint density at radius 2 is 1.73 bits per heavy atom. The highest BCUT2D eigenvalue weighted by Gasteiger charge is 2.07. The summed E-state index contributed by atoms with van der Waals surface area (Å²) in [5.41, 5.74) is 2.88. The summed E-state index contributed by atoms with van der Waals surface area (Å²) in [5.74, 6) is 1.49. The third-order valence-corrected chi connectivity index (χ3v) is 3.86. The molecule has 2 N–H and O–H groups in total. The molecular formula is C21H28N2O3. The van der Waals surface area contributed by atoms with E-state index in [1.54, 1.807) is 7.11 Å². The third-order valence-electron chi connectivity index (χ3n) is 3.86. The van der Waals surface area contributed by atoms with Crippen molar-refractivity contribution in [3.8, 4) is 11.5 Å². The first-order chi connectivity index (χ1) is 12.5. The van der Waals surface area contributed by atoms with Crippen molar-refractivity contribution in [1.82, 2.24) is 0 Å².